The van der Waals surface area contributed by atoms with Crippen molar-refractivity contribution in [1.82, 2.24) is 0 Å². The van der Waals surface area contributed by atoms with E-state index in [1.807, 2.05) is 36.4 Å². The third-order valence-corrected chi connectivity index (χ3v) is 2.95. The van der Waals surface area contributed by atoms with Gasteiger partial charge in [-0.05, 0) is 36.6 Å². The maximum absolute atomic E-state index is 5.95. The summed E-state index contributed by atoms with van der Waals surface area (Å²) in [5.74, 6) is 0.950. The van der Waals surface area contributed by atoms with E-state index < -0.39 is 0 Å². The molecular weight excluding hydrogens is 210 g/mol. The molecule has 1 fully saturated rings. The Kier molecular flexibility index (Phi) is 2.48. The molecule has 1 aliphatic carbocycles. The molecule has 0 heterocycles. The van der Waals surface area contributed by atoms with Crippen LogP contribution in [0.4, 0.5) is 5.69 Å². The maximum atomic E-state index is 5.95. The summed E-state index contributed by atoms with van der Waals surface area (Å²) in [4.78, 5) is 0. The first-order valence-electron chi connectivity index (χ1n) is 5.94. The molecule has 2 heteroatoms. The zero-order valence-electron chi connectivity index (χ0n) is 9.60. The summed E-state index contributed by atoms with van der Waals surface area (Å²) in [6.07, 6.45) is 2.82. The van der Waals surface area contributed by atoms with Gasteiger partial charge >= 0.3 is 0 Å². The Bertz CT molecular complexity index is 515. The number of hydrogen-bond acceptors (Lipinski definition) is 2. The summed E-state index contributed by atoms with van der Waals surface area (Å²) < 4.78 is 5.72. The monoisotopic (exact) mass is 225 g/mol. The van der Waals surface area contributed by atoms with Crippen LogP contribution in [-0.2, 0) is 0 Å². The van der Waals surface area contributed by atoms with Gasteiger partial charge in [0.1, 0.15) is 5.75 Å². The molecule has 1 saturated carbocycles. The van der Waals surface area contributed by atoms with Crippen molar-refractivity contribution in [3.8, 4) is 16.9 Å². The average molecular weight is 225 g/mol. The zero-order chi connectivity index (χ0) is 11.7. The average Bonchev–Trinajstić information content (AvgIpc) is 3.15. The topological polar surface area (TPSA) is 35.2 Å². The van der Waals surface area contributed by atoms with Crippen LogP contribution in [-0.4, -0.2) is 6.10 Å². The SMILES string of the molecule is Nc1ccccc1-c1ccc(OC2CC2)cc1. The van der Waals surface area contributed by atoms with E-state index in [0.29, 0.717) is 6.10 Å². The predicted octanol–water partition coefficient (Wildman–Crippen LogP) is 3.48. The van der Waals surface area contributed by atoms with Gasteiger partial charge in [0, 0.05) is 11.3 Å². The largest absolute Gasteiger partial charge is 0.490 e. The van der Waals surface area contributed by atoms with E-state index in [0.717, 1.165) is 22.6 Å². The van der Waals surface area contributed by atoms with Gasteiger partial charge in [-0.15, -0.1) is 0 Å². The van der Waals surface area contributed by atoms with Crippen LogP contribution in [0.25, 0.3) is 11.1 Å². The number of para-hydroxylation sites is 1. The Morgan fingerprint density at radius 1 is 0.941 bits per heavy atom. The molecule has 3 rings (SSSR count). The first kappa shape index (κ1) is 10.2. The lowest BCUT2D eigenvalue weighted by molar-refractivity contribution is 0.303. The number of nitrogens with two attached hydrogens (primary N) is 1. The van der Waals surface area contributed by atoms with E-state index in [2.05, 4.69) is 12.1 Å². The Morgan fingerprint density at radius 2 is 1.65 bits per heavy atom. The van der Waals surface area contributed by atoms with Crippen LogP contribution in [0.1, 0.15) is 12.8 Å². The highest BCUT2D eigenvalue weighted by molar-refractivity contribution is 5.76. The molecule has 0 bridgehead atoms. The second kappa shape index (κ2) is 4.13. The van der Waals surface area contributed by atoms with E-state index in [9.17, 15) is 0 Å². The van der Waals surface area contributed by atoms with Crippen LogP contribution >= 0.6 is 0 Å². The standard InChI is InChI=1S/C15H15NO/c16-15-4-2-1-3-14(15)11-5-7-12(8-6-11)17-13-9-10-13/h1-8,13H,9-10,16H2. The minimum absolute atomic E-state index is 0.447. The molecular formula is C15H15NO. The van der Waals surface area contributed by atoms with Crippen LogP contribution in [0.5, 0.6) is 5.75 Å². The van der Waals surface area contributed by atoms with Gasteiger partial charge in [-0.3, -0.25) is 0 Å². The van der Waals surface area contributed by atoms with Gasteiger partial charge in [0.15, 0.2) is 0 Å². The quantitative estimate of drug-likeness (QED) is 0.812. The van der Waals surface area contributed by atoms with Crippen molar-refractivity contribution in [2.45, 2.75) is 18.9 Å². The van der Waals surface area contributed by atoms with E-state index in [4.69, 9.17) is 10.5 Å². The summed E-state index contributed by atoms with van der Waals surface area (Å²) in [6.45, 7) is 0. The second-order valence-corrected chi connectivity index (χ2v) is 4.43. The van der Waals surface area contributed by atoms with Gasteiger partial charge in [0.2, 0.25) is 0 Å². The molecule has 0 amide bonds. The Labute approximate surface area is 101 Å². The fourth-order valence-electron chi connectivity index (χ4n) is 1.85. The molecule has 0 saturated heterocycles. The Balaban J connectivity index is 1.86. The van der Waals surface area contributed by atoms with Gasteiger partial charge in [0.05, 0.1) is 6.10 Å². The van der Waals surface area contributed by atoms with E-state index in [1.165, 1.54) is 12.8 Å². The fourth-order valence-corrected chi connectivity index (χ4v) is 1.85. The summed E-state index contributed by atoms with van der Waals surface area (Å²) in [7, 11) is 0. The molecule has 0 spiro atoms. The number of ether oxygens (including phenoxy) is 1. The molecule has 0 aliphatic heterocycles. The minimum atomic E-state index is 0.447. The number of benzene rings is 2. The van der Waals surface area contributed by atoms with Crippen LogP contribution < -0.4 is 10.5 Å². The Morgan fingerprint density at radius 3 is 2.29 bits per heavy atom. The van der Waals surface area contributed by atoms with Crippen LogP contribution in [0.3, 0.4) is 0 Å². The van der Waals surface area contributed by atoms with E-state index in [-0.39, 0.29) is 0 Å². The molecule has 2 nitrogen and oxygen atoms in total. The minimum Gasteiger partial charge on any atom is -0.490 e. The highest BCUT2D eigenvalue weighted by Gasteiger charge is 2.23. The fraction of sp³-hybridized carbons (Fsp3) is 0.200. The van der Waals surface area contributed by atoms with Crippen molar-refractivity contribution in [1.29, 1.82) is 0 Å². The van der Waals surface area contributed by atoms with Crippen LogP contribution in [0.15, 0.2) is 48.5 Å². The lowest BCUT2D eigenvalue weighted by Gasteiger charge is -2.07. The van der Waals surface area contributed by atoms with E-state index >= 15 is 0 Å². The van der Waals surface area contributed by atoms with Gasteiger partial charge in [0.25, 0.3) is 0 Å². The molecule has 2 aromatic rings. The van der Waals surface area contributed by atoms with Gasteiger partial charge < -0.3 is 10.5 Å². The van der Waals surface area contributed by atoms with Crippen molar-refractivity contribution < 1.29 is 4.74 Å². The Hall–Kier alpha value is -1.96. The van der Waals surface area contributed by atoms with Gasteiger partial charge in [-0.25, -0.2) is 0 Å². The highest BCUT2D eigenvalue weighted by atomic mass is 16.5. The molecule has 0 aromatic heterocycles. The van der Waals surface area contributed by atoms with Crippen molar-refractivity contribution >= 4 is 5.69 Å². The van der Waals surface area contributed by atoms with Crippen LogP contribution in [0, 0.1) is 0 Å². The molecule has 1 aliphatic rings. The predicted molar refractivity (Wildman–Crippen MR) is 69.9 cm³/mol. The van der Waals surface area contributed by atoms with Gasteiger partial charge in [-0.1, -0.05) is 30.3 Å². The number of nitrogen functional groups attached to an aromatic ring is 1. The normalized spacial score (nSPS) is 14.6. The summed E-state index contributed by atoms with van der Waals surface area (Å²) in [5.41, 5.74) is 8.96. The third kappa shape index (κ3) is 2.26. The van der Waals surface area contributed by atoms with Crippen molar-refractivity contribution in [3.05, 3.63) is 48.5 Å². The van der Waals surface area contributed by atoms with E-state index in [1.54, 1.807) is 0 Å². The highest BCUT2D eigenvalue weighted by Crippen LogP contribution is 2.30. The summed E-state index contributed by atoms with van der Waals surface area (Å²) in [5, 5.41) is 0. The van der Waals surface area contributed by atoms with Crippen molar-refractivity contribution in [2.24, 2.45) is 0 Å². The first-order chi connectivity index (χ1) is 8.33. The second-order valence-electron chi connectivity index (χ2n) is 4.43. The summed E-state index contributed by atoms with van der Waals surface area (Å²) >= 11 is 0. The lowest BCUT2D eigenvalue weighted by Crippen LogP contribution is -1.95. The molecule has 17 heavy (non-hydrogen) atoms. The molecule has 0 radical (unpaired) electrons. The summed E-state index contributed by atoms with van der Waals surface area (Å²) in [6, 6.07) is 16.0. The zero-order valence-corrected chi connectivity index (χ0v) is 9.60. The number of hydrogen-bond donors (Lipinski definition) is 1. The smallest absolute Gasteiger partial charge is 0.119 e. The number of anilines is 1. The molecule has 2 N–H and O–H groups in total. The van der Waals surface area contributed by atoms with Crippen molar-refractivity contribution in [3.63, 3.8) is 0 Å². The molecule has 2 aromatic carbocycles. The maximum Gasteiger partial charge on any atom is 0.119 e. The number of rotatable bonds is 3. The lowest BCUT2D eigenvalue weighted by atomic mass is 10.0. The van der Waals surface area contributed by atoms with Gasteiger partial charge in [-0.2, -0.15) is 0 Å². The van der Waals surface area contributed by atoms with Crippen LogP contribution in [0.2, 0.25) is 0 Å². The van der Waals surface area contributed by atoms with Crippen molar-refractivity contribution in [2.75, 3.05) is 5.73 Å². The molecule has 86 valence electrons. The third-order valence-electron chi connectivity index (χ3n) is 2.95. The first-order valence-corrected chi connectivity index (χ1v) is 5.94. The molecule has 0 atom stereocenters. The molecule has 0 unspecified atom stereocenters.